The number of esters is 3. The molecule has 3 rings (SSSR count). The third kappa shape index (κ3) is 8.77. The number of carbonyl (C=O) groups excluding carboxylic acids is 4. The Kier molecular flexibility index (Phi) is 10.4. The highest BCUT2D eigenvalue weighted by Crippen LogP contribution is 2.30. The van der Waals surface area contributed by atoms with Gasteiger partial charge in [0, 0.05) is 19.9 Å². The number of benzene rings is 3. The van der Waals surface area contributed by atoms with E-state index in [2.05, 4.69) is 5.32 Å². The number of amides is 1. The third-order valence-electron chi connectivity index (χ3n) is 5.14. The summed E-state index contributed by atoms with van der Waals surface area (Å²) in [6.45, 7) is 3.48. The lowest BCUT2D eigenvalue weighted by molar-refractivity contribution is -0.164. The van der Waals surface area contributed by atoms with Crippen molar-refractivity contribution in [3.05, 3.63) is 95.6 Å². The van der Waals surface area contributed by atoms with E-state index < -0.39 is 30.3 Å². The molecule has 1 atom stereocenters. The minimum Gasteiger partial charge on any atom is -0.425 e. The zero-order valence-corrected chi connectivity index (χ0v) is 21.2. The molecule has 0 aliphatic rings. The first-order valence-electron chi connectivity index (χ1n) is 12.2. The molecule has 0 bridgehead atoms. The van der Waals surface area contributed by atoms with E-state index in [1.54, 1.807) is 72.8 Å². The van der Waals surface area contributed by atoms with Gasteiger partial charge in [0.2, 0.25) is 6.29 Å². The number of hydrogen-bond acceptors (Lipinski definition) is 8. The molecule has 0 spiro atoms. The molecule has 0 heterocycles. The maximum atomic E-state index is 12.7. The number of carbonyl (C=O) groups is 4. The lowest BCUT2D eigenvalue weighted by atomic mass is 10.1. The Hall–Kier alpha value is -4.66. The Labute approximate surface area is 220 Å². The van der Waals surface area contributed by atoms with Gasteiger partial charge in [-0.1, -0.05) is 49.4 Å². The molecular formula is C29H29NO8. The molecule has 3 aromatic carbocycles. The zero-order chi connectivity index (χ0) is 27.3. The average Bonchev–Trinajstić information content (AvgIpc) is 2.91. The van der Waals surface area contributed by atoms with Gasteiger partial charge in [-0.05, 0) is 54.8 Å². The molecule has 9 heteroatoms. The molecule has 9 nitrogen and oxygen atoms in total. The number of nitrogens with one attached hydrogen (secondary N) is 1. The molecular weight excluding hydrogens is 490 g/mol. The second-order valence-corrected chi connectivity index (χ2v) is 8.18. The highest BCUT2D eigenvalue weighted by Gasteiger charge is 2.18. The molecule has 1 amide bonds. The second-order valence-electron chi connectivity index (χ2n) is 8.18. The van der Waals surface area contributed by atoms with Gasteiger partial charge in [0.15, 0.2) is 11.5 Å². The van der Waals surface area contributed by atoms with E-state index in [0.29, 0.717) is 29.5 Å². The van der Waals surface area contributed by atoms with E-state index in [-0.39, 0.29) is 24.5 Å². The smallest absolute Gasteiger partial charge is 0.410 e. The summed E-state index contributed by atoms with van der Waals surface area (Å²) in [5.74, 6) is -1.54. The molecule has 3 aromatic rings. The zero-order valence-electron chi connectivity index (χ0n) is 21.2. The first-order valence-corrected chi connectivity index (χ1v) is 12.2. The predicted octanol–water partition coefficient (Wildman–Crippen LogP) is 5.08. The summed E-state index contributed by atoms with van der Waals surface area (Å²) in [6, 6.07) is 21.6. The average molecular weight is 520 g/mol. The summed E-state index contributed by atoms with van der Waals surface area (Å²) in [4.78, 5) is 48.8. The highest BCUT2D eigenvalue weighted by molar-refractivity contribution is 5.93. The van der Waals surface area contributed by atoms with Crippen molar-refractivity contribution < 1.29 is 38.1 Å². The lowest BCUT2D eigenvalue weighted by Gasteiger charge is -2.15. The molecule has 0 aromatic heterocycles. The summed E-state index contributed by atoms with van der Waals surface area (Å²) in [5, 5.41) is 2.58. The van der Waals surface area contributed by atoms with Crippen LogP contribution < -0.4 is 14.8 Å². The van der Waals surface area contributed by atoms with Crippen LogP contribution in [0.25, 0.3) is 0 Å². The van der Waals surface area contributed by atoms with E-state index in [1.165, 1.54) is 13.0 Å². The van der Waals surface area contributed by atoms with Crippen LogP contribution in [0.15, 0.2) is 78.9 Å². The van der Waals surface area contributed by atoms with Crippen molar-refractivity contribution in [3.63, 3.8) is 0 Å². The van der Waals surface area contributed by atoms with Crippen molar-refractivity contribution in [1.29, 1.82) is 0 Å². The van der Waals surface area contributed by atoms with Gasteiger partial charge in [-0.3, -0.25) is 4.79 Å². The molecule has 0 aliphatic heterocycles. The minimum absolute atomic E-state index is 0.0552. The van der Waals surface area contributed by atoms with Gasteiger partial charge < -0.3 is 24.3 Å². The number of hydrogen-bond donors (Lipinski definition) is 1. The van der Waals surface area contributed by atoms with Crippen LogP contribution in [-0.4, -0.2) is 36.8 Å². The van der Waals surface area contributed by atoms with E-state index in [0.717, 1.165) is 0 Å². The van der Waals surface area contributed by atoms with Crippen molar-refractivity contribution in [2.24, 2.45) is 0 Å². The molecule has 0 saturated heterocycles. The van der Waals surface area contributed by atoms with Crippen LogP contribution in [0.1, 0.15) is 53.0 Å². The van der Waals surface area contributed by atoms with Crippen molar-refractivity contribution in [1.82, 2.24) is 5.32 Å². The molecule has 1 unspecified atom stereocenters. The van der Waals surface area contributed by atoms with E-state index in [4.69, 9.17) is 18.9 Å². The standard InChI is InChI=1S/C29H29NO8/c1-3-10-26(31)35-20(2)36-29(34)30-18-17-21-15-16-24(37-27(32)22-11-6-4-7-12-22)25(19-21)38-28(33)23-13-8-5-9-14-23/h4-9,11-16,19-20H,3,10,17-18H2,1-2H3,(H,30,34). The molecule has 0 radical (unpaired) electrons. The Balaban J connectivity index is 1.66. The Morgan fingerprint density at radius 2 is 1.34 bits per heavy atom. The van der Waals surface area contributed by atoms with Crippen LogP contribution >= 0.6 is 0 Å². The van der Waals surface area contributed by atoms with Crippen molar-refractivity contribution in [3.8, 4) is 11.5 Å². The largest absolute Gasteiger partial charge is 0.425 e. The summed E-state index contributed by atoms with van der Waals surface area (Å²) in [7, 11) is 0. The van der Waals surface area contributed by atoms with Crippen LogP contribution in [0.5, 0.6) is 11.5 Å². The molecule has 38 heavy (non-hydrogen) atoms. The number of rotatable bonds is 11. The van der Waals surface area contributed by atoms with Gasteiger partial charge in [0.25, 0.3) is 0 Å². The Morgan fingerprint density at radius 1 is 0.763 bits per heavy atom. The van der Waals surface area contributed by atoms with E-state index in [1.807, 2.05) is 6.92 Å². The second kappa shape index (κ2) is 14.2. The van der Waals surface area contributed by atoms with E-state index >= 15 is 0 Å². The Morgan fingerprint density at radius 3 is 1.92 bits per heavy atom. The molecule has 0 saturated carbocycles. The third-order valence-corrected chi connectivity index (χ3v) is 5.14. The van der Waals surface area contributed by atoms with Crippen LogP contribution in [0.4, 0.5) is 4.79 Å². The van der Waals surface area contributed by atoms with Crippen LogP contribution in [0, 0.1) is 0 Å². The molecule has 1 N–H and O–H groups in total. The van der Waals surface area contributed by atoms with Gasteiger partial charge in [-0.25, -0.2) is 14.4 Å². The monoisotopic (exact) mass is 519 g/mol. The topological polar surface area (TPSA) is 117 Å². The van der Waals surface area contributed by atoms with Gasteiger partial charge in [-0.2, -0.15) is 0 Å². The van der Waals surface area contributed by atoms with Gasteiger partial charge in [0.05, 0.1) is 11.1 Å². The number of ether oxygens (including phenoxy) is 4. The fourth-order valence-corrected chi connectivity index (χ4v) is 3.31. The maximum absolute atomic E-state index is 12.7. The van der Waals surface area contributed by atoms with Crippen LogP contribution in [0.3, 0.4) is 0 Å². The summed E-state index contributed by atoms with van der Waals surface area (Å²) < 4.78 is 21.1. The maximum Gasteiger partial charge on any atom is 0.410 e. The molecule has 0 aliphatic carbocycles. The first-order chi connectivity index (χ1) is 18.4. The molecule has 198 valence electrons. The summed E-state index contributed by atoms with van der Waals surface area (Å²) >= 11 is 0. The predicted molar refractivity (Wildman–Crippen MR) is 138 cm³/mol. The first kappa shape index (κ1) is 27.9. The van der Waals surface area contributed by atoms with Crippen molar-refractivity contribution in [2.75, 3.05) is 6.54 Å². The lowest BCUT2D eigenvalue weighted by Crippen LogP contribution is -2.31. The highest BCUT2D eigenvalue weighted by atomic mass is 16.7. The van der Waals surface area contributed by atoms with Gasteiger partial charge in [0.1, 0.15) is 0 Å². The van der Waals surface area contributed by atoms with Crippen LogP contribution in [0.2, 0.25) is 0 Å². The summed E-state index contributed by atoms with van der Waals surface area (Å²) in [5.41, 5.74) is 1.37. The Bertz CT molecular complexity index is 1240. The minimum atomic E-state index is -1.02. The van der Waals surface area contributed by atoms with Crippen LogP contribution in [-0.2, 0) is 20.7 Å². The normalized spacial score (nSPS) is 11.1. The SMILES string of the molecule is CCCC(=O)OC(C)OC(=O)NCCc1ccc(OC(=O)c2ccccc2)c(OC(=O)c2ccccc2)c1. The quantitative estimate of drug-likeness (QED) is 0.212. The summed E-state index contributed by atoms with van der Waals surface area (Å²) in [6.07, 6.45) is -0.544. The molecule has 0 fully saturated rings. The van der Waals surface area contributed by atoms with E-state index in [9.17, 15) is 19.2 Å². The fourth-order valence-electron chi connectivity index (χ4n) is 3.31. The number of alkyl carbamates (subject to hydrolysis) is 1. The fraction of sp³-hybridized carbons (Fsp3) is 0.241. The van der Waals surface area contributed by atoms with Gasteiger partial charge in [-0.15, -0.1) is 0 Å². The van der Waals surface area contributed by atoms with Crippen molar-refractivity contribution in [2.45, 2.75) is 39.4 Å². The van der Waals surface area contributed by atoms with Gasteiger partial charge >= 0.3 is 24.0 Å². The van der Waals surface area contributed by atoms with Crippen molar-refractivity contribution >= 4 is 24.0 Å².